The van der Waals surface area contributed by atoms with E-state index in [-0.39, 0.29) is 6.04 Å². The molecule has 0 radical (unpaired) electrons. The first kappa shape index (κ1) is 12.7. The van der Waals surface area contributed by atoms with Crippen molar-refractivity contribution in [1.29, 1.82) is 0 Å². The molecular weight excluding hydrogens is 282 g/mol. The van der Waals surface area contributed by atoms with E-state index in [2.05, 4.69) is 9.97 Å². The van der Waals surface area contributed by atoms with E-state index in [4.69, 9.17) is 0 Å². The molecule has 1 fully saturated rings. The molecule has 100 valence electrons. The molecule has 2 aromatic rings. The van der Waals surface area contributed by atoms with Crippen molar-refractivity contribution in [2.45, 2.75) is 23.1 Å². The Bertz CT molecular complexity index is 641. The van der Waals surface area contributed by atoms with Crippen LogP contribution in [-0.2, 0) is 10.0 Å². The number of nitrogens with zero attached hydrogens (tertiary/aromatic N) is 3. The van der Waals surface area contributed by atoms with E-state index in [1.165, 1.54) is 17.7 Å². The molecule has 5 nitrogen and oxygen atoms in total. The Labute approximate surface area is 116 Å². The van der Waals surface area contributed by atoms with Gasteiger partial charge in [-0.25, -0.2) is 18.4 Å². The van der Waals surface area contributed by atoms with Gasteiger partial charge >= 0.3 is 0 Å². The Morgan fingerprint density at radius 2 is 2.26 bits per heavy atom. The molecule has 0 spiro atoms. The largest absolute Gasteiger partial charge is 0.253 e. The van der Waals surface area contributed by atoms with Crippen LogP contribution in [0.15, 0.2) is 40.3 Å². The molecule has 19 heavy (non-hydrogen) atoms. The van der Waals surface area contributed by atoms with Crippen LogP contribution < -0.4 is 0 Å². The molecule has 1 aliphatic heterocycles. The lowest BCUT2D eigenvalue weighted by atomic mass is 10.1. The number of hydrogen-bond acceptors (Lipinski definition) is 5. The smallest absolute Gasteiger partial charge is 0.245 e. The van der Waals surface area contributed by atoms with Gasteiger partial charge in [-0.3, -0.25) is 0 Å². The number of hydrogen-bond donors (Lipinski definition) is 0. The highest BCUT2D eigenvalue weighted by Crippen LogP contribution is 2.36. The van der Waals surface area contributed by atoms with Gasteiger partial charge in [0.25, 0.3) is 10.0 Å². The van der Waals surface area contributed by atoms with Gasteiger partial charge in [-0.1, -0.05) is 6.07 Å². The molecule has 1 saturated heterocycles. The van der Waals surface area contributed by atoms with E-state index >= 15 is 0 Å². The first-order valence-electron chi connectivity index (χ1n) is 6.01. The zero-order valence-corrected chi connectivity index (χ0v) is 11.8. The summed E-state index contributed by atoms with van der Waals surface area (Å²) in [5, 5.41) is 1.78. The maximum absolute atomic E-state index is 12.6. The second-order valence-electron chi connectivity index (χ2n) is 4.34. The van der Waals surface area contributed by atoms with Crippen molar-refractivity contribution in [3.63, 3.8) is 0 Å². The van der Waals surface area contributed by atoms with E-state index in [0.717, 1.165) is 18.5 Å². The molecule has 1 aliphatic rings. The number of sulfonamides is 1. The monoisotopic (exact) mass is 295 g/mol. The molecule has 2 aromatic heterocycles. The van der Waals surface area contributed by atoms with Crippen LogP contribution in [0.25, 0.3) is 0 Å². The lowest BCUT2D eigenvalue weighted by Gasteiger charge is -2.22. The van der Waals surface area contributed by atoms with Gasteiger partial charge in [0.1, 0.15) is 10.5 Å². The van der Waals surface area contributed by atoms with Gasteiger partial charge in [0, 0.05) is 12.7 Å². The van der Waals surface area contributed by atoms with Crippen molar-refractivity contribution < 1.29 is 8.42 Å². The van der Waals surface area contributed by atoms with Gasteiger partial charge in [-0.15, -0.1) is 11.3 Å². The normalized spacial score (nSPS) is 20.7. The second kappa shape index (κ2) is 4.99. The Morgan fingerprint density at radius 1 is 1.37 bits per heavy atom. The summed E-state index contributed by atoms with van der Waals surface area (Å²) in [6.45, 7) is 0.550. The van der Waals surface area contributed by atoms with Crippen molar-refractivity contribution in [1.82, 2.24) is 14.3 Å². The summed E-state index contributed by atoms with van der Waals surface area (Å²) in [5.74, 6) is 0. The van der Waals surface area contributed by atoms with Crippen molar-refractivity contribution >= 4 is 21.4 Å². The Morgan fingerprint density at radius 3 is 2.95 bits per heavy atom. The maximum atomic E-state index is 12.6. The van der Waals surface area contributed by atoms with Gasteiger partial charge in [0.05, 0.1) is 11.7 Å². The third-order valence-electron chi connectivity index (χ3n) is 3.21. The third-order valence-corrected chi connectivity index (χ3v) is 6.49. The Hall–Kier alpha value is -1.31. The van der Waals surface area contributed by atoms with Crippen LogP contribution in [0.1, 0.15) is 24.6 Å². The van der Waals surface area contributed by atoms with E-state index in [1.54, 1.807) is 34.1 Å². The fraction of sp³-hybridized carbons (Fsp3) is 0.333. The molecule has 0 amide bonds. The molecular formula is C12H13N3O2S2. The average molecular weight is 295 g/mol. The molecule has 0 aromatic carbocycles. The summed E-state index contributed by atoms with van der Waals surface area (Å²) in [5.41, 5.74) is 0.771. The SMILES string of the molecule is O=S(=O)(c1cccs1)N1CCCC1c1ccncn1. The van der Waals surface area contributed by atoms with Crippen LogP contribution in [0, 0.1) is 0 Å². The predicted molar refractivity (Wildman–Crippen MR) is 72.2 cm³/mol. The zero-order valence-electron chi connectivity index (χ0n) is 10.1. The standard InChI is InChI=1S/C12H13N3O2S2/c16-19(17,12-4-2-8-18-12)15-7-1-3-11(15)10-5-6-13-9-14-10/h2,4-6,8-9,11H,1,3,7H2. The molecule has 1 unspecified atom stereocenters. The summed E-state index contributed by atoms with van der Waals surface area (Å²) in [4.78, 5) is 8.07. The van der Waals surface area contributed by atoms with Crippen molar-refractivity contribution in [2.24, 2.45) is 0 Å². The molecule has 1 atom stereocenters. The fourth-order valence-corrected chi connectivity index (χ4v) is 5.14. The van der Waals surface area contributed by atoms with Crippen LogP contribution in [0.5, 0.6) is 0 Å². The zero-order chi connectivity index (χ0) is 13.3. The minimum absolute atomic E-state index is 0.171. The summed E-state index contributed by atoms with van der Waals surface area (Å²) in [7, 11) is -3.40. The first-order chi connectivity index (χ1) is 9.19. The van der Waals surface area contributed by atoms with E-state index in [9.17, 15) is 8.42 Å². The fourth-order valence-electron chi connectivity index (χ4n) is 2.35. The molecule has 0 bridgehead atoms. The van der Waals surface area contributed by atoms with Gasteiger partial charge in [0.2, 0.25) is 0 Å². The summed E-state index contributed by atoms with van der Waals surface area (Å²) >= 11 is 1.25. The van der Waals surface area contributed by atoms with E-state index in [0.29, 0.717) is 10.8 Å². The minimum atomic E-state index is -3.40. The summed E-state index contributed by atoms with van der Waals surface area (Å²) in [6.07, 6.45) is 4.78. The van der Waals surface area contributed by atoms with Crippen LogP contribution in [-0.4, -0.2) is 29.2 Å². The second-order valence-corrected chi connectivity index (χ2v) is 7.41. The maximum Gasteiger partial charge on any atom is 0.253 e. The van der Waals surface area contributed by atoms with Crippen LogP contribution in [0.4, 0.5) is 0 Å². The Kier molecular flexibility index (Phi) is 3.34. The quantitative estimate of drug-likeness (QED) is 0.869. The third kappa shape index (κ3) is 2.29. The topological polar surface area (TPSA) is 63.2 Å². The number of aromatic nitrogens is 2. The van der Waals surface area contributed by atoms with Crippen LogP contribution in [0.2, 0.25) is 0 Å². The average Bonchev–Trinajstić information content (AvgIpc) is 3.11. The first-order valence-corrected chi connectivity index (χ1v) is 8.33. The van der Waals surface area contributed by atoms with Crippen LogP contribution >= 0.6 is 11.3 Å². The van der Waals surface area contributed by atoms with Crippen molar-refractivity contribution in [3.05, 3.63) is 41.8 Å². The molecule has 0 N–H and O–H groups in total. The molecule has 3 rings (SSSR count). The summed E-state index contributed by atoms with van der Waals surface area (Å²) < 4.78 is 27.1. The van der Waals surface area contributed by atoms with Crippen LogP contribution in [0.3, 0.4) is 0 Å². The van der Waals surface area contributed by atoms with Gasteiger partial charge in [-0.05, 0) is 30.4 Å². The van der Waals surface area contributed by atoms with Gasteiger partial charge < -0.3 is 0 Å². The Balaban J connectivity index is 1.97. The number of thiophene rings is 1. The van der Waals surface area contributed by atoms with Crippen molar-refractivity contribution in [2.75, 3.05) is 6.54 Å². The van der Waals surface area contributed by atoms with Gasteiger partial charge in [-0.2, -0.15) is 4.31 Å². The minimum Gasteiger partial charge on any atom is -0.245 e. The van der Waals surface area contributed by atoms with E-state index < -0.39 is 10.0 Å². The summed E-state index contributed by atoms with van der Waals surface area (Å²) in [6, 6.07) is 5.02. The molecule has 0 saturated carbocycles. The number of rotatable bonds is 3. The van der Waals surface area contributed by atoms with E-state index in [1.807, 2.05) is 0 Å². The highest BCUT2D eigenvalue weighted by molar-refractivity contribution is 7.91. The van der Waals surface area contributed by atoms with Crippen molar-refractivity contribution in [3.8, 4) is 0 Å². The highest BCUT2D eigenvalue weighted by atomic mass is 32.2. The lowest BCUT2D eigenvalue weighted by molar-refractivity contribution is 0.391. The predicted octanol–water partition coefficient (Wildman–Crippen LogP) is 2.06. The molecule has 3 heterocycles. The highest BCUT2D eigenvalue weighted by Gasteiger charge is 2.37. The van der Waals surface area contributed by atoms with Gasteiger partial charge in [0.15, 0.2) is 0 Å². The molecule has 0 aliphatic carbocycles. The molecule has 7 heteroatoms. The lowest BCUT2D eigenvalue weighted by Crippen LogP contribution is -2.30.